The van der Waals surface area contributed by atoms with Crippen LogP contribution in [0.3, 0.4) is 0 Å². The standard InChI is InChI=1S/C25H34N6O/c1-18-7-8-19(2)22(17-18)29-13-15-30(16-14-29)23(20-9-11-21(32-6)12-10-20)24-26-27-28-31(24)25(3,4)5/h7-12,17,23H,13-16H2,1-6H3/t23-/m1/s1. The van der Waals surface area contributed by atoms with E-state index in [1.165, 1.54) is 22.4 Å². The lowest BCUT2D eigenvalue weighted by molar-refractivity contribution is 0.191. The number of ether oxygens (including phenoxy) is 1. The molecule has 0 bridgehead atoms. The molecule has 3 aromatic rings. The number of aromatic nitrogens is 4. The monoisotopic (exact) mass is 434 g/mol. The molecular weight excluding hydrogens is 400 g/mol. The van der Waals surface area contributed by atoms with Crippen LogP contribution in [0.25, 0.3) is 0 Å². The van der Waals surface area contributed by atoms with Gasteiger partial charge in [0.2, 0.25) is 0 Å². The first-order chi connectivity index (χ1) is 15.3. The van der Waals surface area contributed by atoms with Crippen molar-refractivity contribution in [2.24, 2.45) is 0 Å². The van der Waals surface area contributed by atoms with Gasteiger partial charge in [0.15, 0.2) is 5.82 Å². The van der Waals surface area contributed by atoms with Gasteiger partial charge >= 0.3 is 0 Å². The van der Waals surface area contributed by atoms with Crippen LogP contribution in [0.2, 0.25) is 0 Å². The number of piperazine rings is 1. The van der Waals surface area contributed by atoms with E-state index in [1.54, 1.807) is 7.11 Å². The lowest BCUT2D eigenvalue weighted by Gasteiger charge is -2.41. The van der Waals surface area contributed by atoms with Gasteiger partial charge in [-0.1, -0.05) is 24.3 Å². The Labute approximate surface area is 191 Å². The molecule has 0 amide bonds. The van der Waals surface area contributed by atoms with Gasteiger partial charge < -0.3 is 9.64 Å². The Morgan fingerprint density at radius 3 is 2.25 bits per heavy atom. The van der Waals surface area contributed by atoms with E-state index in [0.717, 1.165) is 37.8 Å². The molecule has 0 saturated carbocycles. The van der Waals surface area contributed by atoms with Crippen molar-refractivity contribution < 1.29 is 4.74 Å². The third-order valence-corrected chi connectivity index (χ3v) is 6.19. The van der Waals surface area contributed by atoms with Crippen molar-refractivity contribution in [1.82, 2.24) is 25.1 Å². The maximum atomic E-state index is 5.38. The summed E-state index contributed by atoms with van der Waals surface area (Å²) in [5, 5.41) is 12.9. The minimum absolute atomic E-state index is 0.0177. The van der Waals surface area contributed by atoms with E-state index < -0.39 is 0 Å². The number of anilines is 1. The van der Waals surface area contributed by atoms with Crippen molar-refractivity contribution in [2.45, 2.75) is 46.2 Å². The molecular formula is C25H34N6O. The van der Waals surface area contributed by atoms with Crippen molar-refractivity contribution in [3.8, 4) is 5.75 Å². The Morgan fingerprint density at radius 2 is 1.62 bits per heavy atom. The van der Waals surface area contributed by atoms with Gasteiger partial charge in [-0.15, -0.1) is 5.10 Å². The molecule has 1 aromatic heterocycles. The molecule has 1 fully saturated rings. The average Bonchev–Trinajstić information content (AvgIpc) is 3.27. The Kier molecular flexibility index (Phi) is 6.20. The van der Waals surface area contributed by atoms with Crippen LogP contribution in [0.5, 0.6) is 5.75 Å². The zero-order valence-electron chi connectivity index (χ0n) is 20.0. The normalized spacial score (nSPS) is 16.2. The van der Waals surface area contributed by atoms with E-state index in [0.29, 0.717) is 0 Å². The number of rotatable bonds is 5. The molecule has 1 aliphatic heterocycles. The highest BCUT2D eigenvalue weighted by atomic mass is 16.5. The van der Waals surface area contributed by atoms with Gasteiger partial charge in [-0.2, -0.15) is 0 Å². The molecule has 0 N–H and O–H groups in total. The SMILES string of the molecule is COc1ccc([C@H](c2nnnn2C(C)(C)C)N2CCN(c3cc(C)ccc3C)CC2)cc1. The van der Waals surface area contributed by atoms with E-state index in [1.807, 2.05) is 16.8 Å². The number of methoxy groups -OCH3 is 1. The van der Waals surface area contributed by atoms with Crippen molar-refractivity contribution in [2.75, 3.05) is 38.2 Å². The fourth-order valence-corrected chi connectivity index (χ4v) is 4.43. The zero-order chi connectivity index (χ0) is 22.9. The first-order valence-electron chi connectivity index (χ1n) is 11.3. The maximum Gasteiger partial charge on any atom is 0.173 e. The smallest absolute Gasteiger partial charge is 0.173 e. The third kappa shape index (κ3) is 4.48. The quantitative estimate of drug-likeness (QED) is 0.606. The largest absolute Gasteiger partial charge is 0.497 e. The van der Waals surface area contributed by atoms with Gasteiger partial charge in [0.1, 0.15) is 5.75 Å². The van der Waals surface area contributed by atoms with Crippen LogP contribution in [0, 0.1) is 13.8 Å². The predicted octanol–water partition coefficient (Wildman–Crippen LogP) is 3.97. The number of nitrogens with zero attached hydrogens (tertiary/aromatic N) is 6. The highest BCUT2D eigenvalue weighted by Gasteiger charge is 2.33. The molecule has 0 radical (unpaired) electrons. The second kappa shape index (κ2) is 8.90. The van der Waals surface area contributed by atoms with E-state index in [2.05, 4.69) is 90.3 Å². The predicted molar refractivity (Wildman–Crippen MR) is 127 cm³/mol. The summed E-state index contributed by atoms with van der Waals surface area (Å²) in [5.74, 6) is 1.73. The van der Waals surface area contributed by atoms with Crippen LogP contribution in [0.1, 0.15) is 49.3 Å². The number of benzene rings is 2. The summed E-state index contributed by atoms with van der Waals surface area (Å²) in [6.45, 7) is 14.6. The average molecular weight is 435 g/mol. The van der Waals surface area contributed by atoms with Gasteiger partial charge in [-0.3, -0.25) is 4.90 Å². The molecule has 2 heterocycles. The van der Waals surface area contributed by atoms with Gasteiger partial charge in [-0.05, 0) is 79.9 Å². The Hall–Kier alpha value is -2.93. The number of hydrogen-bond donors (Lipinski definition) is 0. The minimum Gasteiger partial charge on any atom is -0.497 e. The molecule has 4 rings (SSSR count). The molecule has 1 atom stereocenters. The summed E-state index contributed by atoms with van der Waals surface area (Å²) in [7, 11) is 1.69. The Balaban J connectivity index is 1.64. The highest BCUT2D eigenvalue weighted by molar-refractivity contribution is 5.55. The van der Waals surface area contributed by atoms with Crippen LogP contribution in [-0.2, 0) is 5.54 Å². The van der Waals surface area contributed by atoms with Crippen molar-refractivity contribution >= 4 is 5.69 Å². The van der Waals surface area contributed by atoms with E-state index >= 15 is 0 Å². The maximum absolute atomic E-state index is 5.38. The van der Waals surface area contributed by atoms with Crippen LogP contribution >= 0.6 is 0 Å². The summed E-state index contributed by atoms with van der Waals surface area (Å²) < 4.78 is 7.34. The fraction of sp³-hybridized carbons (Fsp3) is 0.480. The molecule has 0 unspecified atom stereocenters. The summed E-state index contributed by atoms with van der Waals surface area (Å²) in [6, 6.07) is 15.0. The highest BCUT2D eigenvalue weighted by Crippen LogP contribution is 2.32. The van der Waals surface area contributed by atoms with Crippen molar-refractivity contribution in [3.63, 3.8) is 0 Å². The van der Waals surface area contributed by atoms with Crippen molar-refractivity contribution in [1.29, 1.82) is 0 Å². The first kappa shape index (κ1) is 22.3. The summed E-state index contributed by atoms with van der Waals surface area (Å²) >= 11 is 0. The number of hydrogen-bond acceptors (Lipinski definition) is 6. The molecule has 32 heavy (non-hydrogen) atoms. The number of aryl methyl sites for hydroxylation is 2. The number of tetrazole rings is 1. The van der Waals surface area contributed by atoms with Gasteiger partial charge in [0.25, 0.3) is 0 Å². The second-order valence-corrected chi connectivity index (χ2v) is 9.61. The molecule has 170 valence electrons. The van der Waals surface area contributed by atoms with Crippen LogP contribution in [-0.4, -0.2) is 58.4 Å². The molecule has 1 saturated heterocycles. The van der Waals surface area contributed by atoms with Crippen LogP contribution in [0.15, 0.2) is 42.5 Å². The molecule has 0 aliphatic carbocycles. The Bertz CT molecular complexity index is 1050. The zero-order valence-corrected chi connectivity index (χ0v) is 20.0. The topological polar surface area (TPSA) is 59.3 Å². The van der Waals surface area contributed by atoms with Gasteiger partial charge in [0, 0.05) is 31.9 Å². The summed E-state index contributed by atoms with van der Waals surface area (Å²) in [6.07, 6.45) is 0. The minimum atomic E-state index is -0.204. The van der Waals surface area contributed by atoms with Gasteiger partial charge in [0.05, 0.1) is 18.7 Å². The molecule has 7 heteroatoms. The third-order valence-electron chi connectivity index (χ3n) is 6.19. The first-order valence-corrected chi connectivity index (χ1v) is 11.3. The van der Waals surface area contributed by atoms with E-state index in [-0.39, 0.29) is 11.6 Å². The molecule has 7 nitrogen and oxygen atoms in total. The van der Waals surface area contributed by atoms with Crippen LogP contribution < -0.4 is 9.64 Å². The summed E-state index contributed by atoms with van der Waals surface area (Å²) in [4.78, 5) is 4.99. The second-order valence-electron chi connectivity index (χ2n) is 9.61. The Morgan fingerprint density at radius 1 is 0.938 bits per heavy atom. The molecule has 1 aliphatic rings. The van der Waals surface area contributed by atoms with E-state index in [9.17, 15) is 0 Å². The van der Waals surface area contributed by atoms with Gasteiger partial charge in [-0.25, -0.2) is 4.68 Å². The van der Waals surface area contributed by atoms with Crippen LogP contribution in [0.4, 0.5) is 5.69 Å². The lowest BCUT2D eigenvalue weighted by atomic mass is 10.0. The molecule has 2 aromatic carbocycles. The molecule has 0 spiro atoms. The van der Waals surface area contributed by atoms with E-state index in [4.69, 9.17) is 4.74 Å². The fourth-order valence-electron chi connectivity index (χ4n) is 4.43. The summed E-state index contributed by atoms with van der Waals surface area (Å²) in [5.41, 5.74) is 4.93. The lowest BCUT2D eigenvalue weighted by Crippen LogP contribution is -2.49. The van der Waals surface area contributed by atoms with Crippen molar-refractivity contribution in [3.05, 3.63) is 65.0 Å².